The Morgan fingerprint density at radius 3 is 2.67 bits per heavy atom. The second-order valence-electron chi connectivity index (χ2n) is 4.99. The molecule has 0 saturated heterocycles. The molecular weight excluding hydrogens is 252 g/mol. The molecule has 1 aromatic rings. The Balaban J connectivity index is 2.05. The van der Waals surface area contributed by atoms with Gasteiger partial charge < -0.3 is 9.84 Å². The Kier molecular flexibility index (Phi) is 3.81. The summed E-state index contributed by atoms with van der Waals surface area (Å²) in [4.78, 5) is 11.4. The summed E-state index contributed by atoms with van der Waals surface area (Å²) in [5.74, 6) is -0.0601. The predicted molar refractivity (Wildman–Crippen MR) is 70.2 cm³/mol. The summed E-state index contributed by atoms with van der Waals surface area (Å²) in [7, 11) is 0. The van der Waals surface area contributed by atoms with E-state index in [-0.39, 0.29) is 6.61 Å². The molecule has 0 heterocycles. The molecule has 0 atom stereocenters. The number of aryl methyl sites for hydroxylation is 1. The van der Waals surface area contributed by atoms with E-state index in [1.165, 1.54) is 0 Å². The first kappa shape index (κ1) is 13.2. The van der Waals surface area contributed by atoms with Crippen molar-refractivity contribution < 1.29 is 14.6 Å². The molecule has 2 rings (SSSR count). The highest BCUT2D eigenvalue weighted by Gasteiger charge is 2.42. The maximum Gasteiger partial charge on any atom is 0.313 e. The molecule has 0 aliphatic heterocycles. The Hall–Kier alpha value is -1.22. The number of hydrogen-bond donors (Lipinski definition) is 1. The van der Waals surface area contributed by atoms with Crippen molar-refractivity contribution in [3.05, 3.63) is 28.8 Å². The molecule has 1 aromatic carbocycles. The molecular formula is C14H17ClO3. The van der Waals surface area contributed by atoms with Gasteiger partial charge in [0.25, 0.3) is 0 Å². The molecule has 0 amide bonds. The number of ether oxygens (including phenoxy) is 1. The van der Waals surface area contributed by atoms with E-state index in [0.29, 0.717) is 23.6 Å². The van der Waals surface area contributed by atoms with Gasteiger partial charge >= 0.3 is 5.97 Å². The third kappa shape index (κ3) is 2.61. The van der Waals surface area contributed by atoms with Crippen LogP contribution in [0, 0.1) is 12.3 Å². The van der Waals surface area contributed by atoms with E-state index in [4.69, 9.17) is 16.3 Å². The topological polar surface area (TPSA) is 46.5 Å². The molecule has 4 heteroatoms. The van der Waals surface area contributed by atoms with Gasteiger partial charge in [-0.15, -0.1) is 0 Å². The number of aliphatic carboxylic acids is 1. The lowest BCUT2D eigenvalue weighted by molar-refractivity contribution is -0.150. The fourth-order valence-electron chi connectivity index (χ4n) is 2.40. The molecule has 18 heavy (non-hydrogen) atoms. The summed E-state index contributed by atoms with van der Waals surface area (Å²) in [6.45, 7) is 2.14. The second kappa shape index (κ2) is 5.19. The number of carboxylic acid groups (broad SMARTS) is 1. The van der Waals surface area contributed by atoms with E-state index in [1.807, 2.05) is 13.0 Å². The SMILES string of the molecule is Cc1cc(OCC2(C(=O)O)CCCC2)ccc1Cl. The summed E-state index contributed by atoms with van der Waals surface area (Å²) >= 11 is 5.94. The standard InChI is InChI=1S/C14H17ClO3/c1-10-8-11(4-5-12(10)15)18-9-14(13(16)17)6-2-3-7-14/h4-5,8H,2-3,6-7,9H2,1H3,(H,16,17). The first-order valence-electron chi connectivity index (χ1n) is 6.16. The molecule has 1 N–H and O–H groups in total. The third-order valence-corrected chi connectivity index (χ3v) is 4.08. The zero-order valence-electron chi connectivity index (χ0n) is 10.4. The van der Waals surface area contributed by atoms with Crippen molar-refractivity contribution >= 4 is 17.6 Å². The molecule has 0 spiro atoms. The first-order chi connectivity index (χ1) is 8.53. The minimum absolute atomic E-state index is 0.239. The lowest BCUT2D eigenvalue weighted by Gasteiger charge is -2.23. The van der Waals surface area contributed by atoms with Crippen molar-refractivity contribution in [2.45, 2.75) is 32.6 Å². The van der Waals surface area contributed by atoms with E-state index >= 15 is 0 Å². The van der Waals surface area contributed by atoms with Gasteiger partial charge in [-0.05, 0) is 43.5 Å². The van der Waals surface area contributed by atoms with Gasteiger partial charge in [-0.2, -0.15) is 0 Å². The van der Waals surface area contributed by atoms with Crippen LogP contribution in [-0.4, -0.2) is 17.7 Å². The van der Waals surface area contributed by atoms with Crippen LogP contribution in [-0.2, 0) is 4.79 Å². The van der Waals surface area contributed by atoms with E-state index in [2.05, 4.69) is 0 Å². The highest BCUT2D eigenvalue weighted by atomic mass is 35.5. The van der Waals surface area contributed by atoms with Crippen molar-refractivity contribution in [1.29, 1.82) is 0 Å². The largest absolute Gasteiger partial charge is 0.492 e. The Labute approximate surface area is 112 Å². The molecule has 0 radical (unpaired) electrons. The first-order valence-corrected chi connectivity index (χ1v) is 6.54. The highest BCUT2D eigenvalue weighted by Crippen LogP contribution is 2.39. The lowest BCUT2D eigenvalue weighted by Crippen LogP contribution is -2.34. The quantitative estimate of drug-likeness (QED) is 0.906. The van der Waals surface area contributed by atoms with Crippen LogP contribution in [0.25, 0.3) is 0 Å². The number of halogens is 1. The monoisotopic (exact) mass is 268 g/mol. The Bertz CT molecular complexity index is 450. The van der Waals surface area contributed by atoms with Gasteiger partial charge in [0.2, 0.25) is 0 Å². The predicted octanol–water partition coefficient (Wildman–Crippen LogP) is 3.67. The van der Waals surface area contributed by atoms with Gasteiger partial charge in [-0.1, -0.05) is 24.4 Å². The van der Waals surface area contributed by atoms with Crippen LogP contribution in [0.3, 0.4) is 0 Å². The highest BCUT2D eigenvalue weighted by molar-refractivity contribution is 6.31. The third-order valence-electron chi connectivity index (χ3n) is 3.66. The smallest absolute Gasteiger partial charge is 0.313 e. The minimum atomic E-state index is -0.745. The number of benzene rings is 1. The van der Waals surface area contributed by atoms with Crippen molar-refractivity contribution in [2.24, 2.45) is 5.41 Å². The molecule has 1 fully saturated rings. The molecule has 0 aromatic heterocycles. The maximum absolute atomic E-state index is 11.4. The fraction of sp³-hybridized carbons (Fsp3) is 0.500. The fourth-order valence-corrected chi connectivity index (χ4v) is 2.52. The van der Waals surface area contributed by atoms with Crippen molar-refractivity contribution in [2.75, 3.05) is 6.61 Å². The molecule has 0 bridgehead atoms. The molecule has 3 nitrogen and oxygen atoms in total. The van der Waals surface area contributed by atoms with E-state index in [1.54, 1.807) is 12.1 Å². The molecule has 98 valence electrons. The summed E-state index contributed by atoms with van der Waals surface area (Å²) < 4.78 is 5.65. The number of carbonyl (C=O) groups is 1. The summed E-state index contributed by atoms with van der Waals surface area (Å²) in [5, 5.41) is 10.0. The second-order valence-corrected chi connectivity index (χ2v) is 5.40. The van der Waals surface area contributed by atoms with Crippen molar-refractivity contribution in [3.8, 4) is 5.75 Å². The van der Waals surface area contributed by atoms with Crippen LogP contribution >= 0.6 is 11.6 Å². The maximum atomic E-state index is 11.4. The van der Waals surface area contributed by atoms with Crippen LogP contribution < -0.4 is 4.74 Å². The number of rotatable bonds is 4. The van der Waals surface area contributed by atoms with Crippen LogP contribution in [0.2, 0.25) is 5.02 Å². The molecule has 0 unspecified atom stereocenters. The number of hydrogen-bond acceptors (Lipinski definition) is 2. The van der Waals surface area contributed by atoms with E-state index in [0.717, 1.165) is 18.4 Å². The number of carboxylic acids is 1. The van der Waals surface area contributed by atoms with Crippen LogP contribution in [0.4, 0.5) is 0 Å². The summed E-state index contributed by atoms with van der Waals surface area (Å²) in [6.07, 6.45) is 3.34. The zero-order valence-corrected chi connectivity index (χ0v) is 11.2. The Morgan fingerprint density at radius 1 is 1.44 bits per heavy atom. The van der Waals surface area contributed by atoms with Gasteiger partial charge in [-0.25, -0.2) is 0 Å². The average Bonchev–Trinajstić information content (AvgIpc) is 2.81. The zero-order chi connectivity index (χ0) is 13.2. The van der Waals surface area contributed by atoms with Gasteiger partial charge in [0, 0.05) is 5.02 Å². The van der Waals surface area contributed by atoms with Gasteiger partial charge in [0.05, 0.1) is 0 Å². The molecule has 1 saturated carbocycles. The van der Waals surface area contributed by atoms with Gasteiger partial charge in [0.1, 0.15) is 17.8 Å². The molecule has 1 aliphatic carbocycles. The van der Waals surface area contributed by atoms with Gasteiger partial charge in [0.15, 0.2) is 0 Å². The van der Waals surface area contributed by atoms with Gasteiger partial charge in [-0.3, -0.25) is 4.79 Å². The van der Waals surface area contributed by atoms with Crippen molar-refractivity contribution in [3.63, 3.8) is 0 Å². The normalized spacial score (nSPS) is 17.7. The van der Waals surface area contributed by atoms with E-state index in [9.17, 15) is 9.90 Å². The van der Waals surface area contributed by atoms with Crippen LogP contribution in [0.1, 0.15) is 31.2 Å². The lowest BCUT2D eigenvalue weighted by atomic mass is 9.87. The average molecular weight is 269 g/mol. The minimum Gasteiger partial charge on any atom is -0.492 e. The van der Waals surface area contributed by atoms with Crippen LogP contribution in [0.15, 0.2) is 18.2 Å². The summed E-state index contributed by atoms with van der Waals surface area (Å²) in [5.41, 5.74) is 0.234. The Morgan fingerprint density at radius 2 is 2.11 bits per heavy atom. The van der Waals surface area contributed by atoms with E-state index < -0.39 is 11.4 Å². The van der Waals surface area contributed by atoms with Crippen LogP contribution in [0.5, 0.6) is 5.75 Å². The summed E-state index contributed by atoms with van der Waals surface area (Å²) in [6, 6.07) is 5.39. The van der Waals surface area contributed by atoms with Crippen molar-refractivity contribution in [1.82, 2.24) is 0 Å². The molecule has 1 aliphatic rings.